The van der Waals surface area contributed by atoms with Crippen LogP contribution in [0.3, 0.4) is 0 Å². The summed E-state index contributed by atoms with van der Waals surface area (Å²) in [5, 5.41) is 9.19. The standard InChI is InChI=1S/C12H17N3O3/c1-3-9-11(7(2)18-15-9)12(17)13-6-10(16)14-8-4-5-8/h8H,3-6H2,1-2H3,(H,13,17)(H,14,16). The zero-order chi connectivity index (χ0) is 13.1. The van der Waals surface area contributed by atoms with E-state index >= 15 is 0 Å². The maximum atomic E-state index is 11.9. The molecule has 0 unspecified atom stereocenters. The Morgan fingerprint density at radius 2 is 2.17 bits per heavy atom. The number of hydrogen-bond acceptors (Lipinski definition) is 4. The molecular formula is C12H17N3O3. The molecule has 6 nitrogen and oxygen atoms in total. The number of aromatic nitrogens is 1. The molecule has 2 rings (SSSR count). The number of rotatable bonds is 5. The fourth-order valence-electron chi connectivity index (χ4n) is 1.71. The molecular weight excluding hydrogens is 234 g/mol. The molecule has 0 saturated heterocycles. The zero-order valence-electron chi connectivity index (χ0n) is 10.6. The van der Waals surface area contributed by atoms with Crippen LogP contribution in [0.15, 0.2) is 4.52 Å². The molecule has 1 saturated carbocycles. The largest absolute Gasteiger partial charge is 0.361 e. The van der Waals surface area contributed by atoms with Gasteiger partial charge in [-0.15, -0.1) is 0 Å². The summed E-state index contributed by atoms with van der Waals surface area (Å²) in [6.07, 6.45) is 2.68. The predicted octanol–water partition coefficient (Wildman–Crippen LogP) is 0.554. The summed E-state index contributed by atoms with van der Waals surface area (Å²) < 4.78 is 4.98. The third-order valence-corrected chi connectivity index (χ3v) is 2.85. The lowest BCUT2D eigenvalue weighted by Crippen LogP contribution is -2.38. The second kappa shape index (κ2) is 5.20. The van der Waals surface area contributed by atoms with Gasteiger partial charge in [-0.05, 0) is 26.2 Å². The number of carbonyl (C=O) groups excluding carboxylic acids is 2. The molecule has 0 aromatic carbocycles. The zero-order valence-corrected chi connectivity index (χ0v) is 10.6. The van der Waals surface area contributed by atoms with Crippen LogP contribution in [0, 0.1) is 6.92 Å². The van der Waals surface area contributed by atoms with Gasteiger partial charge < -0.3 is 15.2 Å². The molecule has 1 aliphatic rings. The van der Waals surface area contributed by atoms with Crippen LogP contribution in [0.2, 0.25) is 0 Å². The third-order valence-electron chi connectivity index (χ3n) is 2.85. The minimum Gasteiger partial charge on any atom is -0.361 e. The van der Waals surface area contributed by atoms with E-state index < -0.39 is 0 Å². The Morgan fingerprint density at radius 3 is 2.78 bits per heavy atom. The molecule has 0 atom stereocenters. The summed E-state index contributed by atoms with van der Waals surface area (Å²) in [6.45, 7) is 3.57. The Kier molecular flexibility index (Phi) is 3.64. The Morgan fingerprint density at radius 1 is 1.44 bits per heavy atom. The van der Waals surface area contributed by atoms with Crippen molar-refractivity contribution in [1.29, 1.82) is 0 Å². The monoisotopic (exact) mass is 251 g/mol. The SMILES string of the molecule is CCc1noc(C)c1C(=O)NCC(=O)NC1CC1. The molecule has 1 aliphatic carbocycles. The van der Waals surface area contributed by atoms with Gasteiger partial charge in [-0.2, -0.15) is 0 Å². The summed E-state index contributed by atoms with van der Waals surface area (Å²) in [5.74, 6) is 0.0153. The predicted molar refractivity (Wildman–Crippen MR) is 64.1 cm³/mol. The maximum absolute atomic E-state index is 11.9. The van der Waals surface area contributed by atoms with Crippen molar-refractivity contribution in [3.63, 3.8) is 0 Å². The van der Waals surface area contributed by atoms with E-state index in [9.17, 15) is 9.59 Å². The topological polar surface area (TPSA) is 84.2 Å². The Balaban J connectivity index is 1.90. The second-order valence-electron chi connectivity index (χ2n) is 4.44. The average Bonchev–Trinajstić information content (AvgIpc) is 3.07. The van der Waals surface area contributed by atoms with Gasteiger partial charge in [0.25, 0.3) is 5.91 Å². The first kappa shape index (κ1) is 12.6. The first-order valence-electron chi connectivity index (χ1n) is 6.14. The molecule has 1 aromatic rings. The van der Waals surface area contributed by atoms with Crippen LogP contribution < -0.4 is 10.6 Å². The van der Waals surface area contributed by atoms with E-state index in [4.69, 9.17) is 4.52 Å². The van der Waals surface area contributed by atoms with Crippen LogP contribution >= 0.6 is 0 Å². The van der Waals surface area contributed by atoms with Gasteiger partial charge in [0.15, 0.2) is 0 Å². The van der Waals surface area contributed by atoms with Gasteiger partial charge in [-0.25, -0.2) is 0 Å². The van der Waals surface area contributed by atoms with Crippen LogP contribution in [0.25, 0.3) is 0 Å². The van der Waals surface area contributed by atoms with Crippen molar-refractivity contribution in [2.75, 3.05) is 6.54 Å². The van der Waals surface area contributed by atoms with Crippen molar-refractivity contribution in [3.05, 3.63) is 17.0 Å². The summed E-state index contributed by atoms with van der Waals surface area (Å²) in [5.41, 5.74) is 1.06. The lowest BCUT2D eigenvalue weighted by atomic mass is 10.1. The fourth-order valence-corrected chi connectivity index (χ4v) is 1.71. The van der Waals surface area contributed by atoms with E-state index in [-0.39, 0.29) is 18.4 Å². The fraction of sp³-hybridized carbons (Fsp3) is 0.583. The molecule has 1 heterocycles. The van der Waals surface area contributed by atoms with Crippen molar-refractivity contribution in [1.82, 2.24) is 15.8 Å². The maximum Gasteiger partial charge on any atom is 0.257 e. The van der Waals surface area contributed by atoms with Crippen LogP contribution in [0.4, 0.5) is 0 Å². The van der Waals surface area contributed by atoms with Crippen LogP contribution in [-0.2, 0) is 11.2 Å². The van der Waals surface area contributed by atoms with Gasteiger partial charge in [-0.1, -0.05) is 12.1 Å². The summed E-state index contributed by atoms with van der Waals surface area (Å²) in [6, 6.07) is 0.304. The Hall–Kier alpha value is -1.85. The molecule has 0 aliphatic heterocycles. The molecule has 6 heteroatoms. The highest BCUT2D eigenvalue weighted by Crippen LogP contribution is 2.18. The molecule has 0 bridgehead atoms. The number of nitrogens with one attached hydrogen (secondary N) is 2. The quantitative estimate of drug-likeness (QED) is 0.800. The van der Waals surface area contributed by atoms with E-state index in [0.29, 0.717) is 29.5 Å². The Bertz CT molecular complexity index is 463. The van der Waals surface area contributed by atoms with Gasteiger partial charge >= 0.3 is 0 Å². The van der Waals surface area contributed by atoms with E-state index in [2.05, 4.69) is 15.8 Å². The van der Waals surface area contributed by atoms with Crippen LogP contribution in [0.5, 0.6) is 0 Å². The number of carbonyl (C=O) groups is 2. The number of amides is 2. The third kappa shape index (κ3) is 2.88. The second-order valence-corrected chi connectivity index (χ2v) is 4.44. The minimum atomic E-state index is -0.309. The summed E-state index contributed by atoms with van der Waals surface area (Å²) in [4.78, 5) is 23.4. The number of aryl methyl sites for hydroxylation is 2. The van der Waals surface area contributed by atoms with Gasteiger partial charge in [0.2, 0.25) is 5.91 Å². The smallest absolute Gasteiger partial charge is 0.257 e. The molecule has 1 fully saturated rings. The summed E-state index contributed by atoms with van der Waals surface area (Å²) >= 11 is 0. The lowest BCUT2D eigenvalue weighted by Gasteiger charge is -2.05. The van der Waals surface area contributed by atoms with Gasteiger partial charge in [0.1, 0.15) is 11.3 Å². The van der Waals surface area contributed by atoms with Gasteiger partial charge in [-0.3, -0.25) is 9.59 Å². The average molecular weight is 251 g/mol. The molecule has 0 radical (unpaired) electrons. The van der Waals surface area contributed by atoms with E-state index in [0.717, 1.165) is 12.8 Å². The summed E-state index contributed by atoms with van der Waals surface area (Å²) in [7, 11) is 0. The molecule has 98 valence electrons. The first-order valence-corrected chi connectivity index (χ1v) is 6.14. The van der Waals surface area contributed by atoms with Gasteiger partial charge in [0, 0.05) is 6.04 Å². The van der Waals surface area contributed by atoms with Crippen LogP contribution in [0.1, 0.15) is 41.6 Å². The molecule has 1 aromatic heterocycles. The Labute approximate surface area is 105 Å². The van der Waals surface area contributed by atoms with Crippen LogP contribution in [-0.4, -0.2) is 29.6 Å². The normalized spacial score (nSPS) is 14.3. The van der Waals surface area contributed by atoms with Crippen molar-refractivity contribution >= 4 is 11.8 Å². The van der Waals surface area contributed by atoms with Crippen molar-refractivity contribution in [2.24, 2.45) is 0 Å². The van der Waals surface area contributed by atoms with Crippen molar-refractivity contribution < 1.29 is 14.1 Å². The molecule has 18 heavy (non-hydrogen) atoms. The van der Waals surface area contributed by atoms with Crippen molar-refractivity contribution in [2.45, 2.75) is 39.2 Å². The molecule has 2 amide bonds. The highest BCUT2D eigenvalue weighted by atomic mass is 16.5. The molecule has 0 spiro atoms. The lowest BCUT2D eigenvalue weighted by molar-refractivity contribution is -0.120. The molecule has 2 N–H and O–H groups in total. The van der Waals surface area contributed by atoms with Gasteiger partial charge in [0.05, 0.1) is 12.2 Å². The number of nitrogens with zero attached hydrogens (tertiary/aromatic N) is 1. The number of hydrogen-bond donors (Lipinski definition) is 2. The minimum absolute atomic E-state index is 0.0108. The van der Waals surface area contributed by atoms with E-state index in [1.807, 2.05) is 6.92 Å². The highest BCUT2D eigenvalue weighted by Gasteiger charge is 2.24. The van der Waals surface area contributed by atoms with E-state index in [1.54, 1.807) is 6.92 Å². The highest BCUT2D eigenvalue weighted by molar-refractivity contribution is 5.98. The van der Waals surface area contributed by atoms with E-state index in [1.165, 1.54) is 0 Å². The van der Waals surface area contributed by atoms with Crippen molar-refractivity contribution in [3.8, 4) is 0 Å². The first-order chi connectivity index (χ1) is 8.61.